The highest BCUT2D eigenvalue weighted by Gasteiger charge is 2.13. The number of rotatable bonds is 17. The van der Waals surface area contributed by atoms with E-state index in [0.29, 0.717) is 38.4 Å². The quantitative estimate of drug-likeness (QED) is 0.0963. The van der Waals surface area contributed by atoms with Crippen LogP contribution >= 0.6 is 0 Å². The lowest BCUT2D eigenvalue weighted by atomic mass is 10.0. The molecule has 50 heavy (non-hydrogen) atoms. The minimum absolute atomic E-state index is 0.0736. The predicted molar refractivity (Wildman–Crippen MR) is 196 cm³/mol. The van der Waals surface area contributed by atoms with Crippen LogP contribution in [0.25, 0.3) is 5.82 Å². The number of nitrogens with zero attached hydrogens (tertiary/aromatic N) is 2. The molecule has 0 aliphatic heterocycles. The van der Waals surface area contributed by atoms with E-state index in [4.69, 9.17) is 4.74 Å². The fourth-order valence-electron chi connectivity index (χ4n) is 5.81. The third kappa shape index (κ3) is 10.7. The Bertz CT molecular complexity index is 1800. The van der Waals surface area contributed by atoms with E-state index in [0.717, 1.165) is 51.4 Å². The lowest BCUT2D eigenvalue weighted by molar-refractivity contribution is -0.120. The molecule has 0 saturated heterocycles. The van der Waals surface area contributed by atoms with Gasteiger partial charge in [-0.2, -0.15) is 0 Å². The molecule has 2 aromatic heterocycles. The fraction of sp³-hybridized carbons (Fsp3) is 0.293. The Morgan fingerprint density at radius 3 is 2.26 bits per heavy atom. The lowest BCUT2D eigenvalue weighted by Crippen LogP contribution is -2.32. The number of pyridine rings is 1. The number of hydrogen-bond donors (Lipinski definition) is 4. The number of carbonyl (C=O) groups is 2. The van der Waals surface area contributed by atoms with Crippen LogP contribution < -0.4 is 16.0 Å². The van der Waals surface area contributed by atoms with Crippen molar-refractivity contribution in [3.63, 3.8) is 0 Å². The molecule has 2 amide bonds. The second kappa shape index (κ2) is 18.1. The minimum Gasteiger partial charge on any atom is -0.387 e. The van der Waals surface area contributed by atoms with Gasteiger partial charge in [0, 0.05) is 54.4 Å². The molecular formula is C41H47N5O4. The zero-order valence-corrected chi connectivity index (χ0v) is 29.1. The van der Waals surface area contributed by atoms with Crippen molar-refractivity contribution in [3.05, 3.63) is 154 Å². The van der Waals surface area contributed by atoms with Gasteiger partial charge in [0.25, 0.3) is 5.91 Å². The Kier molecular flexibility index (Phi) is 13.1. The molecule has 5 aromatic rings. The Balaban J connectivity index is 0.998. The molecule has 9 heteroatoms. The number of carbonyl (C=O) groups excluding carboxylic acids is 2. The van der Waals surface area contributed by atoms with Crippen molar-refractivity contribution in [3.8, 4) is 5.82 Å². The van der Waals surface area contributed by atoms with Crippen LogP contribution in [0.2, 0.25) is 0 Å². The number of aliphatic hydroxyl groups is 1. The van der Waals surface area contributed by atoms with Crippen molar-refractivity contribution in [2.45, 2.75) is 58.9 Å². The van der Waals surface area contributed by atoms with Gasteiger partial charge in [-0.15, -0.1) is 0 Å². The Morgan fingerprint density at radius 2 is 1.54 bits per heavy atom. The summed E-state index contributed by atoms with van der Waals surface area (Å²) in [5, 5.41) is 20.1. The number of nitrogens with one attached hydrogen (secondary N) is 3. The van der Waals surface area contributed by atoms with E-state index in [1.807, 2.05) is 80.6 Å². The van der Waals surface area contributed by atoms with E-state index in [1.165, 1.54) is 0 Å². The summed E-state index contributed by atoms with van der Waals surface area (Å²) in [6, 6.07) is 33.3. The molecule has 2 atom stereocenters. The summed E-state index contributed by atoms with van der Waals surface area (Å²) in [4.78, 5) is 29.8. The second-order valence-electron chi connectivity index (χ2n) is 12.7. The van der Waals surface area contributed by atoms with Gasteiger partial charge in [0.15, 0.2) is 0 Å². The van der Waals surface area contributed by atoms with Crippen LogP contribution in [0.3, 0.4) is 0 Å². The van der Waals surface area contributed by atoms with Crippen molar-refractivity contribution in [1.29, 1.82) is 0 Å². The van der Waals surface area contributed by atoms with Gasteiger partial charge in [0.05, 0.1) is 25.7 Å². The van der Waals surface area contributed by atoms with Crippen LogP contribution in [0.5, 0.6) is 0 Å². The molecule has 260 valence electrons. The average molecular weight is 674 g/mol. The van der Waals surface area contributed by atoms with Crippen molar-refractivity contribution in [1.82, 2.24) is 25.5 Å². The van der Waals surface area contributed by atoms with Crippen LogP contribution in [-0.4, -0.2) is 52.2 Å². The maximum absolute atomic E-state index is 12.8. The normalized spacial score (nSPS) is 12.3. The summed E-state index contributed by atoms with van der Waals surface area (Å²) < 4.78 is 7.71. The summed E-state index contributed by atoms with van der Waals surface area (Å²) in [7, 11) is 0. The molecule has 0 spiro atoms. The number of hydrogen-bond acceptors (Lipinski definition) is 6. The van der Waals surface area contributed by atoms with Gasteiger partial charge in [0.2, 0.25) is 5.91 Å². The van der Waals surface area contributed by atoms with Crippen molar-refractivity contribution in [2.75, 3.05) is 19.7 Å². The molecule has 0 saturated carbocycles. The summed E-state index contributed by atoms with van der Waals surface area (Å²) in [5.41, 5.74) is 7.62. The van der Waals surface area contributed by atoms with Crippen molar-refractivity contribution < 1.29 is 19.4 Å². The van der Waals surface area contributed by atoms with E-state index >= 15 is 0 Å². The topological polar surface area (TPSA) is 118 Å². The third-order valence-corrected chi connectivity index (χ3v) is 8.56. The van der Waals surface area contributed by atoms with Gasteiger partial charge in [0.1, 0.15) is 5.82 Å². The summed E-state index contributed by atoms with van der Waals surface area (Å²) in [6.07, 6.45) is 2.09. The predicted octanol–water partition coefficient (Wildman–Crippen LogP) is 5.55. The van der Waals surface area contributed by atoms with Crippen molar-refractivity contribution >= 4 is 11.8 Å². The first-order valence-electron chi connectivity index (χ1n) is 17.1. The maximum Gasteiger partial charge on any atom is 0.251 e. The lowest BCUT2D eigenvalue weighted by Gasteiger charge is -2.18. The Labute approximate surface area is 294 Å². The van der Waals surface area contributed by atoms with Gasteiger partial charge < -0.3 is 30.4 Å². The number of benzene rings is 3. The summed E-state index contributed by atoms with van der Waals surface area (Å²) >= 11 is 0. The molecule has 0 aliphatic rings. The molecule has 3 aromatic carbocycles. The third-order valence-electron chi connectivity index (χ3n) is 8.56. The van der Waals surface area contributed by atoms with Gasteiger partial charge in [-0.1, -0.05) is 72.8 Å². The molecule has 0 aliphatic carbocycles. The summed E-state index contributed by atoms with van der Waals surface area (Å²) in [5.74, 6) is 0.602. The molecule has 5 rings (SSSR count). The number of aliphatic hydroxyl groups excluding tert-OH is 1. The SMILES string of the molecule is Cc1ccc(C)n1-c1ccc([C@@H](O)CN[C@H](C)Cc2cccc(CC(=O)NCc3ccc(C(=O)NCCOCc4ccccc4)cc3)c2)cn1. The van der Waals surface area contributed by atoms with Crippen LogP contribution in [0, 0.1) is 13.8 Å². The van der Waals surface area contributed by atoms with Gasteiger partial charge >= 0.3 is 0 Å². The zero-order valence-electron chi connectivity index (χ0n) is 29.1. The highest BCUT2D eigenvalue weighted by molar-refractivity contribution is 5.94. The largest absolute Gasteiger partial charge is 0.387 e. The number of aromatic nitrogens is 2. The molecule has 9 nitrogen and oxygen atoms in total. The number of ether oxygens (including phenoxy) is 1. The minimum atomic E-state index is -0.676. The first-order chi connectivity index (χ1) is 24.2. The maximum atomic E-state index is 12.8. The van der Waals surface area contributed by atoms with E-state index in [1.54, 1.807) is 18.3 Å². The highest BCUT2D eigenvalue weighted by Crippen LogP contribution is 2.18. The van der Waals surface area contributed by atoms with E-state index in [-0.39, 0.29) is 24.3 Å². The molecule has 0 fully saturated rings. The average Bonchev–Trinajstić information content (AvgIpc) is 3.47. The monoisotopic (exact) mass is 673 g/mol. The molecule has 0 radical (unpaired) electrons. The molecule has 0 bridgehead atoms. The Hall–Kier alpha value is -5.09. The molecule has 2 heterocycles. The van der Waals surface area contributed by atoms with E-state index in [9.17, 15) is 14.7 Å². The standard InChI is InChI=1S/C41H47N5O4/c1-29(43-27-38(47)37-18-19-39(44-26-37)46-30(2)12-13-31(46)3)22-34-10-7-11-35(23-34)24-40(48)45-25-32-14-16-36(17-15-32)41(49)42-20-21-50-28-33-8-5-4-6-9-33/h4-19,23,26,29,38,43,47H,20-22,24-25,27-28H2,1-3H3,(H,42,49)(H,45,48)/t29-,38+/m1/s1. The molecule has 0 unspecified atom stereocenters. The van der Waals surface area contributed by atoms with Crippen LogP contribution in [-0.2, 0) is 35.5 Å². The van der Waals surface area contributed by atoms with E-state index in [2.05, 4.69) is 56.7 Å². The first kappa shape index (κ1) is 36.2. The second-order valence-corrected chi connectivity index (χ2v) is 12.7. The summed E-state index contributed by atoms with van der Waals surface area (Å²) in [6.45, 7) is 8.32. The first-order valence-corrected chi connectivity index (χ1v) is 17.1. The van der Waals surface area contributed by atoms with Gasteiger partial charge in [-0.25, -0.2) is 4.98 Å². The Morgan fingerprint density at radius 1 is 0.820 bits per heavy atom. The van der Waals surface area contributed by atoms with Gasteiger partial charge in [-0.3, -0.25) is 9.59 Å². The fourth-order valence-corrected chi connectivity index (χ4v) is 5.81. The zero-order chi connectivity index (χ0) is 35.3. The van der Waals surface area contributed by atoms with Crippen molar-refractivity contribution in [2.24, 2.45) is 0 Å². The molecular weight excluding hydrogens is 626 g/mol. The van der Waals surface area contributed by atoms with Crippen LogP contribution in [0.1, 0.15) is 62.6 Å². The highest BCUT2D eigenvalue weighted by atomic mass is 16.5. The van der Waals surface area contributed by atoms with E-state index < -0.39 is 6.10 Å². The number of amides is 2. The van der Waals surface area contributed by atoms with Crippen LogP contribution in [0.15, 0.2) is 109 Å². The smallest absolute Gasteiger partial charge is 0.251 e. The number of aryl methyl sites for hydroxylation is 2. The van der Waals surface area contributed by atoms with Crippen LogP contribution in [0.4, 0.5) is 0 Å². The molecule has 4 N–H and O–H groups in total. The van der Waals surface area contributed by atoms with Gasteiger partial charge in [-0.05, 0) is 79.8 Å².